The van der Waals surface area contributed by atoms with Crippen molar-refractivity contribution in [1.82, 2.24) is 19.5 Å². The van der Waals surface area contributed by atoms with Gasteiger partial charge in [-0.1, -0.05) is 0 Å². The number of hydrogen-bond donors (Lipinski definition) is 4. The van der Waals surface area contributed by atoms with E-state index >= 15 is 0 Å². The first-order chi connectivity index (χ1) is 8.17. The van der Waals surface area contributed by atoms with Crippen molar-refractivity contribution in [2.24, 2.45) is 5.84 Å². The van der Waals surface area contributed by atoms with E-state index in [1.54, 1.807) is 0 Å². The number of fused-ring (bicyclic) bond motifs is 1. The van der Waals surface area contributed by atoms with Crippen LogP contribution >= 0.6 is 0 Å². The molecular formula is C8H12N6O3. The smallest absolute Gasteiger partial charge is 0.330 e. The Morgan fingerprint density at radius 1 is 1.47 bits per heavy atom. The maximum absolute atomic E-state index is 11.6. The van der Waals surface area contributed by atoms with Crippen LogP contribution in [-0.4, -0.2) is 33.2 Å². The van der Waals surface area contributed by atoms with Gasteiger partial charge in [-0.15, -0.1) is 0 Å². The average molecular weight is 240 g/mol. The molecule has 0 aliphatic heterocycles. The Hall–Kier alpha value is -2.13. The van der Waals surface area contributed by atoms with Crippen LogP contribution in [0.3, 0.4) is 0 Å². The number of anilines is 1. The summed E-state index contributed by atoms with van der Waals surface area (Å²) in [7, 11) is 1.52. The summed E-state index contributed by atoms with van der Waals surface area (Å²) in [5.74, 6) is 5.39. The van der Waals surface area contributed by atoms with Gasteiger partial charge in [-0.3, -0.25) is 19.8 Å². The van der Waals surface area contributed by atoms with Crippen LogP contribution in [0.25, 0.3) is 11.2 Å². The van der Waals surface area contributed by atoms with Crippen LogP contribution in [-0.2, 0) is 11.3 Å². The number of aromatic amines is 2. The third-order valence-corrected chi connectivity index (χ3v) is 2.29. The highest BCUT2D eigenvalue weighted by Crippen LogP contribution is 2.07. The lowest BCUT2D eigenvalue weighted by molar-refractivity contribution is 0.187. The van der Waals surface area contributed by atoms with Crippen LogP contribution in [0.1, 0.15) is 0 Å². The van der Waals surface area contributed by atoms with E-state index in [2.05, 4.69) is 20.4 Å². The van der Waals surface area contributed by atoms with Crippen molar-refractivity contribution >= 4 is 17.1 Å². The van der Waals surface area contributed by atoms with Gasteiger partial charge in [0, 0.05) is 7.11 Å². The van der Waals surface area contributed by atoms with Crippen LogP contribution < -0.4 is 22.5 Å². The molecule has 0 aromatic carbocycles. The second-order valence-electron chi connectivity index (χ2n) is 3.33. The highest BCUT2D eigenvalue weighted by molar-refractivity contribution is 5.72. The number of rotatable bonds is 4. The summed E-state index contributed by atoms with van der Waals surface area (Å²) in [4.78, 5) is 32.0. The number of aromatic nitrogens is 4. The molecule has 0 bridgehead atoms. The van der Waals surface area contributed by atoms with E-state index in [4.69, 9.17) is 10.6 Å². The lowest BCUT2D eigenvalue weighted by Gasteiger charge is -2.03. The number of hydrogen-bond acceptors (Lipinski definition) is 6. The average Bonchev–Trinajstić information content (AvgIpc) is 2.73. The second-order valence-corrected chi connectivity index (χ2v) is 3.33. The molecule has 2 heterocycles. The van der Waals surface area contributed by atoms with Crippen molar-refractivity contribution < 1.29 is 4.74 Å². The second kappa shape index (κ2) is 4.39. The zero-order valence-corrected chi connectivity index (χ0v) is 9.11. The summed E-state index contributed by atoms with van der Waals surface area (Å²) in [6, 6.07) is 0. The Morgan fingerprint density at radius 2 is 2.24 bits per heavy atom. The van der Waals surface area contributed by atoms with Gasteiger partial charge in [0.1, 0.15) is 0 Å². The Bertz CT molecular complexity index is 639. The van der Waals surface area contributed by atoms with Crippen molar-refractivity contribution in [3.8, 4) is 0 Å². The number of nitrogens with two attached hydrogens (primary N) is 1. The molecule has 0 unspecified atom stereocenters. The number of nitrogens with zero attached hydrogens (tertiary/aromatic N) is 2. The van der Waals surface area contributed by atoms with Crippen LogP contribution in [0, 0.1) is 0 Å². The highest BCUT2D eigenvalue weighted by atomic mass is 16.5. The standard InChI is InChI=1S/C8H12N6O3/c1-17-3-2-14-5-4(6(15)12-8(14)16)10-7(11-5)13-9/h2-3,9H2,1H3,(H2,10,11,13)(H,12,15,16). The molecule has 0 saturated carbocycles. The number of hydrazine groups is 1. The minimum absolute atomic E-state index is 0.189. The lowest BCUT2D eigenvalue weighted by atomic mass is 10.5. The molecule has 17 heavy (non-hydrogen) atoms. The molecule has 0 amide bonds. The van der Waals surface area contributed by atoms with Gasteiger partial charge in [0.25, 0.3) is 5.56 Å². The maximum atomic E-state index is 11.6. The monoisotopic (exact) mass is 240 g/mol. The predicted molar refractivity (Wildman–Crippen MR) is 60.7 cm³/mol. The molecule has 0 radical (unpaired) electrons. The minimum Gasteiger partial charge on any atom is -0.383 e. The molecule has 0 aliphatic carbocycles. The number of imidazole rings is 1. The SMILES string of the molecule is COCCn1c(=O)[nH]c(=O)c2[nH]c(NN)nc21. The van der Waals surface area contributed by atoms with E-state index in [1.807, 2.05) is 0 Å². The normalized spacial score (nSPS) is 10.9. The maximum Gasteiger partial charge on any atom is 0.330 e. The van der Waals surface area contributed by atoms with Gasteiger partial charge in [0.15, 0.2) is 11.2 Å². The number of nitrogen functional groups attached to an aromatic ring is 1. The van der Waals surface area contributed by atoms with E-state index in [0.717, 1.165) is 0 Å². The summed E-state index contributed by atoms with van der Waals surface area (Å²) in [5, 5.41) is 0. The van der Waals surface area contributed by atoms with Crippen molar-refractivity contribution in [1.29, 1.82) is 0 Å². The molecule has 2 aromatic rings. The molecule has 9 heteroatoms. The van der Waals surface area contributed by atoms with E-state index in [1.165, 1.54) is 11.7 Å². The molecule has 0 spiro atoms. The summed E-state index contributed by atoms with van der Waals surface area (Å²) < 4.78 is 6.19. The Morgan fingerprint density at radius 3 is 2.88 bits per heavy atom. The third-order valence-electron chi connectivity index (χ3n) is 2.29. The summed E-state index contributed by atoms with van der Waals surface area (Å²) in [6.45, 7) is 0.622. The highest BCUT2D eigenvalue weighted by Gasteiger charge is 2.11. The van der Waals surface area contributed by atoms with Gasteiger partial charge in [-0.25, -0.2) is 10.6 Å². The van der Waals surface area contributed by atoms with Crippen LogP contribution in [0.2, 0.25) is 0 Å². The van der Waals surface area contributed by atoms with Crippen LogP contribution in [0.5, 0.6) is 0 Å². The molecule has 5 N–H and O–H groups in total. The number of nitrogens with one attached hydrogen (secondary N) is 3. The van der Waals surface area contributed by atoms with E-state index in [-0.39, 0.29) is 23.7 Å². The van der Waals surface area contributed by atoms with Gasteiger partial charge in [-0.2, -0.15) is 4.98 Å². The number of H-pyrrole nitrogens is 2. The molecule has 2 rings (SSSR count). The first kappa shape index (κ1) is 11.4. The van der Waals surface area contributed by atoms with Crippen molar-refractivity contribution in [2.75, 3.05) is 19.1 Å². The molecular weight excluding hydrogens is 228 g/mol. The zero-order chi connectivity index (χ0) is 12.4. The fraction of sp³-hybridized carbons (Fsp3) is 0.375. The number of ether oxygens (including phenoxy) is 1. The quantitative estimate of drug-likeness (QED) is 0.374. The van der Waals surface area contributed by atoms with E-state index in [9.17, 15) is 9.59 Å². The van der Waals surface area contributed by atoms with E-state index < -0.39 is 11.2 Å². The van der Waals surface area contributed by atoms with Crippen LogP contribution in [0.15, 0.2) is 9.59 Å². The van der Waals surface area contributed by atoms with Gasteiger partial charge in [0.2, 0.25) is 5.95 Å². The van der Waals surface area contributed by atoms with Gasteiger partial charge in [0.05, 0.1) is 13.2 Å². The molecule has 0 fully saturated rings. The Labute approximate surface area is 94.6 Å². The molecule has 0 aliphatic rings. The first-order valence-corrected chi connectivity index (χ1v) is 4.85. The van der Waals surface area contributed by atoms with Crippen molar-refractivity contribution in [2.45, 2.75) is 6.54 Å². The number of methoxy groups -OCH3 is 1. The Balaban J connectivity index is 2.68. The largest absolute Gasteiger partial charge is 0.383 e. The third kappa shape index (κ3) is 1.92. The zero-order valence-electron chi connectivity index (χ0n) is 9.11. The molecule has 2 aromatic heterocycles. The van der Waals surface area contributed by atoms with Crippen molar-refractivity contribution in [3.63, 3.8) is 0 Å². The summed E-state index contributed by atoms with van der Waals surface area (Å²) in [5.41, 5.74) is 1.64. The minimum atomic E-state index is -0.535. The van der Waals surface area contributed by atoms with Crippen molar-refractivity contribution in [3.05, 3.63) is 20.8 Å². The first-order valence-electron chi connectivity index (χ1n) is 4.85. The Kier molecular flexibility index (Phi) is 2.93. The van der Waals surface area contributed by atoms with Gasteiger partial charge < -0.3 is 9.72 Å². The molecule has 9 nitrogen and oxygen atoms in total. The summed E-state index contributed by atoms with van der Waals surface area (Å²) >= 11 is 0. The fourth-order valence-corrected chi connectivity index (χ4v) is 1.50. The van der Waals surface area contributed by atoms with E-state index in [0.29, 0.717) is 6.61 Å². The van der Waals surface area contributed by atoms with Gasteiger partial charge in [-0.05, 0) is 0 Å². The predicted octanol–water partition coefficient (Wildman–Crippen LogP) is -1.66. The topological polar surface area (TPSA) is 131 Å². The lowest BCUT2D eigenvalue weighted by Crippen LogP contribution is -2.31. The van der Waals surface area contributed by atoms with Gasteiger partial charge >= 0.3 is 5.69 Å². The molecule has 0 atom stereocenters. The fourth-order valence-electron chi connectivity index (χ4n) is 1.50. The van der Waals surface area contributed by atoms with Crippen LogP contribution in [0.4, 0.5) is 5.95 Å². The summed E-state index contributed by atoms with van der Waals surface area (Å²) in [6.07, 6.45) is 0. The molecule has 0 saturated heterocycles. The molecule has 92 valence electrons.